The Labute approximate surface area is 154 Å². The zero-order valence-corrected chi connectivity index (χ0v) is 15.5. The number of furan rings is 1. The third-order valence-corrected chi connectivity index (χ3v) is 7.46. The summed E-state index contributed by atoms with van der Waals surface area (Å²) in [6.07, 6.45) is 8.63. The van der Waals surface area contributed by atoms with Crippen molar-refractivity contribution < 1.29 is 14.0 Å². The van der Waals surface area contributed by atoms with Crippen LogP contribution in [0.15, 0.2) is 22.8 Å². The fraction of sp³-hybridized carbons (Fsp3) is 0.714. The van der Waals surface area contributed by atoms with Gasteiger partial charge in [-0.15, -0.1) is 0 Å². The van der Waals surface area contributed by atoms with E-state index < -0.39 is 0 Å². The Hall–Kier alpha value is -1.78. The predicted octanol–water partition coefficient (Wildman–Crippen LogP) is 2.91. The van der Waals surface area contributed by atoms with Gasteiger partial charge >= 0.3 is 0 Å². The maximum atomic E-state index is 13.2. The maximum absolute atomic E-state index is 13.2. The molecule has 1 unspecified atom stereocenters. The van der Waals surface area contributed by atoms with E-state index in [1.54, 1.807) is 11.2 Å². The third-order valence-electron chi connectivity index (χ3n) is 7.46. The summed E-state index contributed by atoms with van der Waals surface area (Å²) in [6, 6.07) is 4.12. The molecule has 0 aromatic carbocycles. The van der Waals surface area contributed by atoms with Gasteiger partial charge in [-0.05, 0) is 67.9 Å². The smallest absolute Gasteiger partial charge is 0.228 e. The SMILES string of the molecule is CN(C(=O)C1CC(=O)N(Cc2ccco2)C1)C1C2CC3CC(C2)CC1C3. The van der Waals surface area contributed by atoms with Crippen LogP contribution in [-0.2, 0) is 16.1 Å². The second kappa shape index (κ2) is 6.14. The Morgan fingerprint density at radius 3 is 2.50 bits per heavy atom. The Bertz CT molecular complexity index is 670. The molecule has 140 valence electrons. The quantitative estimate of drug-likeness (QED) is 0.833. The third kappa shape index (κ3) is 2.67. The van der Waals surface area contributed by atoms with Gasteiger partial charge in [0.1, 0.15) is 5.76 Å². The monoisotopic (exact) mass is 356 g/mol. The van der Waals surface area contributed by atoms with E-state index in [0.29, 0.717) is 37.4 Å². The van der Waals surface area contributed by atoms with Crippen molar-refractivity contribution in [3.63, 3.8) is 0 Å². The highest BCUT2D eigenvalue weighted by Gasteiger charge is 2.51. The molecular weight excluding hydrogens is 328 g/mol. The topological polar surface area (TPSA) is 53.8 Å². The summed E-state index contributed by atoms with van der Waals surface area (Å²) in [5.74, 6) is 4.03. The predicted molar refractivity (Wildman–Crippen MR) is 95.8 cm³/mol. The molecule has 2 amide bonds. The standard InChI is InChI=1S/C21H28N2O3/c1-22(20-15-6-13-5-14(8-15)9-16(20)7-13)21(25)17-10-19(24)23(11-17)12-18-3-2-4-26-18/h2-4,13-17,20H,5-12H2,1H3. The van der Waals surface area contributed by atoms with E-state index in [1.165, 1.54) is 32.1 Å². The van der Waals surface area contributed by atoms with Gasteiger partial charge < -0.3 is 14.2 Å². The molecule has 26 heavy (non-hydrogen) atoms. The fourth-order valence-electron chi connectivity index (χ4n) is 6.64. The average Bonchev–Trinajstić information content (AvgIpc) is 3.24. The van der Waals surface area contributed by atoms with Crippen molar-refractivity contribution in [2.45, 2.75) is 51.1 Å². The summed E-state index contributed by atoms with van der Waals surface area (Å²) in [5, 5.41) is 0. The zero-order chi connectivity index (χ0) is 17.8. The van der Waals surface area contributed by atoms with E-state index in [4.69, 9.17) is 4.42 Å². The molecule has 6 rings (SSSR count). The fourth-order valence-corrected chi connectivity index (χ4v) is 6.64. The normalized spacial score (nSPS) is 38.2. The molecule has 5 nitrogen and oxygen atoms in total. The van der Waals surface area contributed by atoms with E-state index in [1.807, 2.05) is 24.1 Å². The molecule has 1 aliphatic heterocycles. The van der Waals surface area contributed by atoms with Crippen molar-refractivity contribution in [2.75, 3.05) is 13.6 Å². The van der Waals surface area contributed by atoms with Crippen LogP contribution in [0.25, 0.3) is 0 Å². The van der Waals surface area contributed by atoms with E-state index in [9.17, 15) is 9.59 Å². The number of rotatable bonds is 4. The van der Waals surface area contributed by atoms with Crippen LogP contribution in [-0.4, -0.2) is 41.2 Å². The van der Waals surface area contributed by atoms with Gasteiger partial charge in [0.2, 0.25) is 11.8 Å². The van der Waals surface area contributed by atoms with E-state index in [-0.39, 0.29) is 17.7 Å². The molecule has 0 spiro atoms. The second-order valence-electron chi connectivity index (χ2n) is 9.13. The van der Waals surface area contributed by atoms with Crippen LogP contribution in [0.4, 0.5) is 0 Å². The first-order chi connectivity index (χ1) is 12.6. The molecule has 4 bridgehead atoms. The molecule has 0 radical (unpaired) electrons. The van der Waals surface area contributed by atoms with Gasteiger partial charge in [0.25, 0.3) is 0 Å². The molecule has 5 aliphatic rings. The van der Waals surface area contributed by atoms with E-state index in [2.05, 4.69) is 0 Å². The zero-order valence-electron chi connectivity index (χ0n) is 15.5. The first-order valence-corrected chi connectivity index (χ1v) is 10.1. The molecule has 4 saturated carbocycles. The van der Waals surface area contributed by atoms with Crippen molar-refractivity contribution in [3.05, 3.63) is 24.2 Å². The van der Waals surface area contributed by atoms with Gasteiger partial charge in [0.05, 0.1) is 18.7 Å². The van der Waals surface area contributed by atoms with Gasteiger partial charge in [-0.3, -0.25) is 9.59 Å². The van der Waals surface area contributed by atoms with Crippen LogP contribution in [0.5, 0.6) is 0 Å². The largest absolute Gasteiger partial charge is 0.467 e. The van der Waals surface area contributed by atoms with Gasteiger partial charge in [-0.1, -0.05) is 0 Å². The lowest BCUT2D eigenvalue weighted by Crippen LogP contribution is -2.57. The molecule has 5 heteroatoms. The molecule has 4 aliphatic carbocycles. The van der Waals surface area contributed by atoms with Crippen LogP contribution >= 0.6 is 0 Å². The highest BCUT2D eigenvalue weighted by molar-refractivity contribution is 5.89. The summed E-state index contributed by atoms with van der Waals surface area (Å²) in [4.78, 5) is 29.4. The number of hydrogen-bond acceptors (Lipinski definition) is 3. The molecule has 1 aromatic heterocycles. The highest BCUT2D eigenvalue weighted by atomic mass is 16.3. The number of likely N-dealkylation sites (tertiary alicyclic amines) is 1. The molecule has 1 saturated heterocycles. The molecule has 5 fully saturated rings. The maximum Gasteiger partial charge on any atom is 0.228 e. The molecule has 0 N–H and O–H groups in total. The van der Waals surface area contributed by atoms with E-state index >= 15 is 0 Å². The number of carbonyl (C=O) groups excluding carboxylic acids is 2. The summed E-state index contributed by atoms with van der Waals surface area (Å²) in [5.41, 5.74) is 0. The molecule has 2 heterocycles. The van der Waals surface area contributed by atoms with Crippen molar-refractivity contribution in [3.8, 4) is 0 Å². The van der Waals surface area contributed by atoms with Gasteiger partial charge in [-0.2, -0.15) is 0 Å². The van der Waals surface area contributed by atoms with Crippen LogP contribution in [0.1, 0.15) is 44.3 Å². The minimum atomic E-state index is -0.195. The summed E-state index contributed by atoms with van der Waals surface area (Å²) < 4.78 is 5.36. The molecular formula is C21H28N2O3. The van der Waals surface area contributed by atoms with Crippen LogP contribution in [0.3, 0.4) is 0 Å². The number of amides is 2. The summed E-state index contributed by atoms with van der Waals surface area (Å²) in [7, 11) is 1.99. The number of nitrogens with zero attached hydrogens (tertiary/aromatic N) is 2. The Kier molecular flexibility index (Phi) is 3.87. The van der Waals surface area contributed by atoms with Crippen LogP contribution in [0, 0.1) is 29.6 Å². The number of hydrogen-bond donors (Lipinski definition) is 0. The highest BCUT2D eigenvalue weighted by Crippen LogP contribution is 2.55. The Morgan fingerprint density at radius 2 is 1.88 bits per heavy atom. The van der Waals surface area contributed by atoms with Crippen LogP contribution < -0.4 is 0 Å². The molecule has 1 atom stereocenters. The average molecular weight is 356 g/mol. The van der Waals surface area contributed by atoms with Crippen LogP contribution in [0.2, 0.25) is 0 Å². The minimum Gasteiger partial charge on any atom is -0.467 e. The van der Waals surface area contributed by atoms with Crippen molar-refractivity contribution in [1.29, 1.82) is 0 Å². The first kappa shape index (κ1) is 16.4. The number of carbonyl (C=O) groups is 2. The Morgan fingerprint density at radius 1 is 1.19 bits per heavy atom. The first-order valence-electron chi connectivity index (χ1n) is 10.1. The van der Waals surface area contributed by atoms with Gasteiger partial charge in [-0.25, -0.2) is 0 Å². The Balaban J connectivity index is 1.26. The minimum absolute atomic E-state index is 0.0678. The van der Waals surface area contributed by atoms with Crippen molar-refractivity contribution in [1.82, 2.24) is 9.80 Å². The second-order valence-corrected chi connectivity index (χ2v) is 9.13. The lowest BCUT2D eigenvalue weighted by atomic mass is 9.54. The lowest BCUT2D eigenvalue weighted by Gasteiger charge is -2.56. The van der Waals surface area contributed by atoms with Gasteiger partial charge in [0.15, 0.2) is 0 Å². The van der Waals surface area contributed by atoms with Gasteiger partial charge in [0, 0.05) is 26.1 Å². The van der Waals surface area contributed by atoms with Crippen molar-refractivity contribution >= 4 is 11.8 Å². The summed E-state index contributed by atoms with van der Waals surface area (Å²) >= 11 is 0. The lowest BCUT2D eigenvalue weighted by molar-refractivity contribution is -0.145. The molecule has 1 aromatic rings. The summed E-state index contributed by atoms with van der Waals surface area (Å²) in [6.45, 7) is 0.993. The van der Waals surface area contributed by atoms with Crippen molar-refractivity contribution in [2.24, 2.45) is 29.6 Å². The van der Waals surface area contributed by atoms with E-state index in [0.717, 1.165) is 17.6 Å².